The van der Waals surface area contributed by atoms with E-state index in [9.17, 15) is 4.79 Å². The number of ether oxygens (including phenoxy) is 1. The van der Waals surface area contributed by atoms with Gasteiger partial charge in [-0.2, -0.15) is 0 Å². The molecule has 0 radical (unpaired) electrons. The van der Waals surface area contributed by atoms with Crippen molar-refractivity contribution in [3.8, 4) is 5.75 Å². The average Bonchev–Trinajstić information content (AvgIpc) is 3.16. The first-order chi connectivity index (χ1) is 14.2. The maximum atomic E-state index is 12.5. The van der Waals surface area contributed by atoms with E-state index in [-0.39, 0.29) is 11.2 Å². The molecule has 5 nitrogen and oxygen atoms in total. The van der Waals surface area contributed by atoms with Crippen molar-refractivity contribution in [2.24, 2.45) is 0 Å². The van der Waals surface area contributed by atoms with Gasteiger partial charge in [-0.3, -0.25) is 4.79 Å². The number of thioether (sulfide) groups is 1. The van der Waals surface area contributed by atoms with E-state index >= 15 is 0 Å². The van der Waals surface area contributed by atoms with E-state index in [1.807, 2.05) is 85.8 Å². The molecular formula is C23H20N2O3S. The minimum absolute atomic E-state index is 0.116. The van der Waals surface area contributed by atoms with Crippen LogP contribution in [0.2, 0.25) is 0 Å². The molecule has 1 amide bonds. The summed E-state index contributed by atoms with van der Waals surface area (Å²) in [5.41, 5.74) is 3.32. The van der Waals surface area contributed by atoms with Crippen molar-refractivity contribution in [3.05, 3.63) is 84.4 Å². The molecule has 0 saturated heterocycles. The number of carbonyl (C=O) groups is 1. The number of fused-ring (bicyclic) bond motifs is 1. The summed E-state index contributed by atoms with van der Waals surface area (Å²) in [6.45, 7) is 2.33. The summed E-state index contributed by atoms with van der Waals surface area (Å²) < 4.78 is 11.4. The fourth-order valence-corrected chi connectivity index (χ4v) is 3.48. The highest BCUT2D eigenvalue weighted by Crippen LogP contribution is 2.27. The summed E-state index contributed by atoms with van der Waals surface area (Å²) in [6, 6.07) is 24.9. The molecule has 0 fully saturated rings. The summed E-state index contributed by atoms with van der Waals surface area (Å²) in [5.74, 6) is 0.635. The van der Waals surface area contributed by atoms with Crippen molar-refractivity contribution in [2.75, 3.05) is 5.32 Å². The lowest BCUT2D eigenvalue weighted by Crippen LogP contribution is -2.22. The number of nitrogens with one attached hydrogen (secondary N) is 1. The third kappa shape index (κ3) is 4.97. The fourth-order valence-electron chi connectivity index (χ4n) is 2.73. The van der Waals surface area contributed by atoms with Crippen LogP contribution in [0.4, 0.5) is 5.69 Å². The molecule has 29 heavy (non-hydrogen) atoms. The highest BCUT2D eigenvalue weighted by Gasteiger charge is 2.18. The molecule has 1 N–H and O–H groups in total. The van der Waals surface area contributed by atoms with Crippen LogP contribution in [0.5, 0.6) is 5.75 Å². The van der Waals surface area contributed by atoms with Crippen molar-refractivity contribution in [2.45, 2.75) is 24.0 Å². The number of amides is 1. The zero-order valence-electron chi connectivity index (χ0n) is 15.9. The van der Waals surface area contributed by atoms with Gasteiger partial charge in [-0.25, -0.2) is 4.98 Å². The van der Waals surface area contributed by atoms with Gasteiger partial charge in [0.1, 0.15) is 17.9 Å². The first kappa shape index (κ1) is 19.1. The Labute approximate surface area is 173 Å². The third-order valence-electron chi connectivity index (χ3n) is 4.29. The quantitative estimate of drug-likeness (QED) is 0.411. The lowest BCUT2D eigenvalue weighted by molar-refractivity contribution is -0.115. The van der Waals surface area contributed by atoms with E-state index in [0.29, 0.717) is 23.1 Å². The molecule has 3 aromatic carbocycles. The maximum absolute atomic E-state index is 12.5. The van der Waals surface area contributed by atoms with Gasteiger partial charge in [-0.1, -0.05) is 54.2 Å². The third-order valence-corrected chi connectivity index (χ3v) is 5.24. The number of para-hydroxylation sites is 2. The SMILES string of the molecule is C[C@@H](Sc1nc2ccccc2o1)C(=O)Nc1ccc(OCc2ccccc2)cc1. The van der Waals surface area contributed by atoms with Gasteiger partial charge in [-0.15, -0.1) is 0 Å². The fraction of sp³-hybridized carbons (Fsp3) is 0.130. The molecule has 0 saturated carbocycles. The zero-order valence-corrected chi connectivity index (χ0v) is 16.7. The smallest absolute Gasteiger partial charge is 0.257 e. The Bertz CT molecular complexity index is 1060. The number of benzene rings is 3. The molecular weight excluding hydrogens is 384 g/mol. The van der Waals surface area contributed by atoms with Gasteiger partial charge in [0, 0.05) is 5.69 Å². The number of nitrogens with zero attached hydrogens (tertiary/aromatic N) is 1. The summed E-state index contributed by atoms with van der Waals surface area (Å²) >= 11 is 1.29. The van der Waals surface area contributed by atoms with Gasteiger partial charge in [0.05, 0.1) is 5.25 Å². The second kappa shape index (κ2) is 8.84. The van der Waals surface area contributed by atoms with Crippen molar-refractivity contribution in [1.82, 2.24) is 4.98 Å². The second-order valence-electron chi connectivity index (χ2n) is 6.50. The largest absolute Gasteiger partial charge is 0.489 e. The molecule has 0 bridgehead atoms. The Morgan fingerprint density at radius 2 is 1.76 bits per heavy atom. The lowest BCUT2D eigenvalue weighted by atomic mass is 10.2. The number of hydrogen-bond acceptors (Lipinski definition) is 5. The van der Waals surface area contributed by atoms with E-state index in [1.54, 1.807) is 0 Å². The molecule has 4 aromatic rings. The molecule has 146 valence electrons. The van der Waals surface area contributed by atoms with E-state index in [1.165, 1.54) is 11.8 Å². The summed E-state index contributed by atoms with van der Waals surface area (Å²) in [5, 5.41) is 3.05. The van der Waals surface area contributed by atoms with Crippen molar-refractivity contribution in [3.63, 3.8) is 0 Å². The van der Waals surface area contributed by atoms with Gasteiger partial charge < -0.3 is 14.5 Å². The molecule has 0 unspecified atom stereocenters. The number of aromatic nitrogens is 1. The maximum Gasteiger partial charge on any atom is 0.257 e. The van der Waals surface area contributed by atoms with Gasteiger partial charge >= 0.3 is 0 Å². The highest BCUT2D eigenvalue weighted by molar-refractivity contribution is 8.00. The van der Waals surface area contributed by atoms with Crippen LogP contribution in [0.1, 0.15) is 12.5 Å². The van der Waals surface area contributed by atoms with Crippen LogP contribution in [0.3, 0.4) is 0 Å². The standard InChI is InChI=1S/C23H20N2O3S/c1-16(29-23-25-20-9-5-6-10-21(20)28-23)22(26)24-18-11-13-19(14-12-18)27-15-17-7-3-2-4-8-17/h2-14,16H,15H2,1H3,(H,24,26)/t16-/m1/s1. The van der Waals surface area contributed by atoms with Crippen LogP contribution < -0.4 is 10.1 Å². The van der Waals surface area contributed by atoms with Gasteiger partial charge in [0.15, 0.2) is 5.58 Å². The van der Waals surface area contributed by atoms with Crippen LogP contribution >= 0.6 is 11.8 Å². The van der Waals surface area contributed by atoms with E-state index in [0.717, 1.165) is 16.8 Å². The molecule has 1 heterocycles. The number of hydrogen-bond donors (Lipinski definition) is 1. The van der Waals surface area contributed by atoms with Crippen molar-refractivity contribution in [1.29, 1.82) is 0 Å². The number of anilines is 1. The molecule has 0 aliphatic carbocycles. The van der Waals surface area contributed by atoms with E-state index in [2.05, 4.69) is 10.3 Å². The molecule has 0 spiro atoms. The Morgan fingerprint density at radius 3 is 2.52 bits per heavy atom. The predicted octanol–water partition coefficient (Wildman–Crippen LogP) is 5.53. The first-order valence-corrected chi connectivity index (χ1v) is 10.2. The molecule has 4 rings (SSSR count). The van der Waals surface area contributed by atoms with Gasteiger partial charge in [0.25, 0.3) is 5.22 Å². The van der Waals surface area contributed by atoms with Crippen LogP contribution in [0.25, 0.3) is 11.1 Å². The lowest BCUT2D eigenvalue weighted by Gasteiger charge is -2.11. The molecule has 0 aliphatic heterocycles. The normalized spacial score (nSPS) is 11.9. The van der Waals surface area contributed by atoms with E-state index < -0.39 is 0 Å². The first-order valence-electron chi connectivity index (χ1n) is 9.27. The Kier molecular flexibility index (Phi) is 5.81. The second-order valence-corrected chi connectivity index (χ2v) is 7.79. The van der Waals surface area contributed by atoms with E-state index in [4.69, 9.17) is 9.15 Å². The van der Waals surface area contributed by atoms with Crippen LogP contribution in [0, 0.1) is 0 Å². The molecule has 1 atom stereocenters. The minimum Gasteiger partial charge on any atom is -0.489 e. The monoisotopic (exact) mass is 404 g/mol. The summed E-state index contributed by atoms with van der Waals surface area (Å²) in [6.07, 6.45) is 0. The van der Waals surface area contributed by atoms with Crippen LogP contribution in [0.15, 0.2) is 88.5 Å². The van der Waals surface area contributed by atoms with Crippen molar-refractivity contribution >= 4 is 34.5 Å². The predicted molar refractivity (Wildman–Crippen MR) is 115 cm³/mol. The number of rotatable bonds is 7. The van der Waals surface area contributed by atoms with Crippen LogP contribution in [-0.4, -0.2) is 16.1 Å². The van der Waals surface area contributed by atoms with Crippen LogP contribution in [-0.2, 0) is 11.4 Å². The van der Waals surface area contributed by atoms with Crippen molar-refractivity contribution < 1.29 is 13.9 Å². The Morgan fingerprint density at radius 1 is 1.03 bits per heavy atom. The Hall–Kier alpha value is -3.25. The van der Waals surface area contributed by atoms with Gasteiger partial charge in [-0.05, 0) is 48.9 Å². The minimum atomic E-state index is -0.350. The molecule has 0 aliphatic rings. The number of carbonyl (C=O) groups excluding carboxylic acids is 1. The molecule has 6 heteroatoms. The Balaban J connectivity index is 1.31. The summed E-state index contributed by atoms with van der Waals surface area (Å²) in [4.78, 5) is 16.9. The zero-order chi connectivity index (χ0) is 20.1. The van der Waals surface area contributed by atoms with Gasteiger partial charge in [0.2, 0.25) is 5.91 Å². The summed E-state index contributed by atoms with van der Waals surface area (Å²) in [7, 11) is 0. The molecule has 1 aromatic heterocycles. The highest BCUT2D eigenvalue weighted by atomic mass is 32.2. The number of oxazole rings is 1. The topological polar surface area (TPSA) is 64.4 Å². The average molecular weight is 404 g/mol.